The summed E-state index contributed by atoms with van der Waals surface area (Å²) in [4.78, 5) is 44.4. The lowest BCUT2D eigenvalue weighted by molar-refractivity contribution is -0.151. The molecule has 0 saturated carbocycles. The van der Waals surface area contributed by atoms with E-state index in [2.05, 4.69) is 18.9 Å². The zero-order chi connectivity index (χ0) is 17.4. The minimum atomic E-state index is -0.986. The van der Waals surface area contributed by atoms with Gasteiger partial charge in [0.25, 0.3) is 0 Å². The van der Waals surface area contributed by atoms with Crippen LogP contribution in [0.4, 0.5) is 9.59 Å². The fourth-order valence-electron chi connectivity index (χ4n) is 1.95. The monoisotopic (exact) mass is 346 g/mol. The topological polar surface area (TPSA) is 124 Å². The largest absolute Gasteiger partial charge is 0.509 e. The van der Waals surface area contributed by atoms with Crippen molar-refractivity contribution in [3.05, 3.63) is 0 Å². The zero-order valence-electron chi connectivity index (χ0n) is 12.9. The van der Waals surface area contributed by atoms with Gasteiger partial charge in [-0.25, -0.2) is 14.4 Å². The van der Waals surface area contributed by atoms with Crippen molar-refractivity contribution in [1.29, 1.82) is 0 Å². The second-order valence-electron chi connectivity index (χ2n) is 5.08. The molecule has 2 atom stereocenters. The number of carbonyl (C=O) groups excluding carboxylic acids is 4. The molecular weight excluding hydrogens is 328 g/mol. The average molecular weight is 346 g/mol. The van der Waals surface area contributed by atoms with Crippen LogP contribution in [0.1, 0.15) is 19.3 Å². The third-order valence-corrected chi connectivity index (χ3v) is 3.23. The molecule has 2 saturated heterocycles. The van der Waals surface area contributed by atoms with Crippen molar-refractivity contribution in [2.24, 2.45) is 0 Å². The highest BCUT2D eigenvalue weighted by atomic mass is 16.8. The first-order valence-electron chi connectivity index (χ1n) is 7.50. The minimum absolute atomic E-state index is 0.0757. The molecule has 0 bridgehead atoms. The van der Waals surface area contributed by atoms with Gasteiger partial charge in [-0.1, -0.05) is 0 Å². The lowest BCUT2D eigenvalue weighted by atomic mass is 10.2. The zero-order valence-corrected chi connectivity index (χ0v) is 12.9. The molecule has 0 aromatic heterocycles. The van der Waals surface area contributed by atoms with Crippen LogP contribution in [0, 0.1) is 0 Å². The van der Waals surface area contributed by atoms with Crippen molar-refractivity contribution in [2.75, 3.05) is 33.0 Å². The maximum absolute atomic E-state index is 11.6. The van der Waals surface area contributed by atoms with Gasteiger partial charge in [0.05, 0.1) is 6.61 Å². The van der Waals surface area contributed by atoms with Crippen LogP contribution in [0.15, 0.2) is 0 Å². The van der Waals surface area contributed by atoms with Gasteiger partial charge in [0.1, 0.15) is 19.8 Å². The highest BCUT2D eigenvalue weighted by Crippen LogP contribution is 2.09. The van der Waals surface area contributed by atoms with Gasteiger partial charge in [0.15, 0.2) is 6.10 Å². The Morgan fingerprint density at radius 2 is 1.54 bits per heavy atom. The molecule has 0 spiro atoms. The van der Waals surface area contributed by atoms with Crippen LogP contribution in [0.2, 0.25) is 0 Å². The Morgan fingerprint density at radius 1 is 0.917 bits per heavy atom. The first-order valence-corrected chi connectivity index (χ1v) is 7.50. The van der Waals surface area contributed by atoms with Gasteiger partial charge in [-0.15, -0.1) is 0 Å². The number of carbonyl (C=O) groups is 4. The maximum atomic E-state index is 11.6. The number of esters is 1. The number of rotatable bonds is 10. The van der Waals surface area contributed by atoms with E-state index >= 15 is 0 Å². The first kappa shape index (κ1) is 18.0. The summed E-state index contributed by atoms with van der Waals surface area (Å²) in [7, 11) is 0. The number of unbranched alkanes of at least 4 members (excludes halogenated alkanes) is 2. The van der Waals surface area contributed by atoms with Crippen LogP contribution >= 0.6 is 0 Å². The quantitative estimate of drug-likeness (QED) is 0.311. The molecule has 0 N–H and O–H groups in total. The summed E-state index contributed by atoms with van der Waals surface area (Å²) < 4.78 is 28.3. The van der Waals surface area contributed by atoms with Crippen LogP contribution in [0.5, 0.6) is 0 Å². The Hall–Kier alpha value is -2.36. The third kappa shape index (κ3) is 5.69. The molecule has 0 aromatic carbocycles. The van der Waals surface area contributed by atoms with Crippen LogP contribution in [-0.2, 0) is 38.0 Å². The smallest absolute Gasteiger partial charge is 0.463 e. The van der Waals surface area contributed by atoms with Crippen molar-refractivity contribution in [1.82, 2.24) is 0 Å². The molecule has 0 amide bonds. The molecule has 2 unspecified atom stereocenters. The number of cyclic esters (lactones) is 4. The molecule has 0 aromatic rings. The lowest BCUT2D eigenvalue weighted by Crippen LogP contribution is -2.27. The first-order chi connectivity index (χ1) is 11.6. The highest BCUT2D eigenvalue weighted by molar-refractivity contribution is 5.87. The summed E-state index contributed by atoms with van der Waals surface area (Å²) in [6, 6.07) is 0. The number of hydrogen-bond acceptors (Lipinski definition) is 10. The van der Waals surface area contributed by atoms with Crippen molar-refractivity contribution in [2.45, 2.75) is 31.5 Å². The predicted octanol–water partition coefficient (Wildman–Crippen LogP) is 0.356. The van der Waals surface area contributed by atoms with E-state index in [1.54, 1.807) is 0 Å². The van der Waals surface area contributed by atoms with Gasteiger partial charge < -0.3 is 28.4 Å². The van der Waals surface area contributed by atoms with Gasteiger partial charge in [-0.3, -0.25) is 4.79 Å². The normalized spacial score (nSPS) is 22.3. The molecule has 10 heteroatoms. The molecule has 24 heavy (non-hydrogen) atoms. The Labute approximate surface area is 137 Å². The SMILES string of the molecule is O=C1OCC(C(=O)COCCCCCOC(=O)C2COC(=O)O2)O1. The van der Waals surface area contributed by atoms with E-state index in [-0.39, 0.29) is 32.2 Å². The van der Waals surface area contributed by atoms with Crippen LogP contribution < -0.4 is 0 Å². The molecule has 2 rings (SSSR count). The molecule has 0 radical (unpaired) electrons. The summed E-state index contributed by atoms with van der Waals surface area (Å²) in [6.45, 7) is 0.203. The van der Waals surface area contributed by atoms with Crippen LogP contribution in [0.3, 0.4) is 0 Å². The number of hydrogen-bond donors (Lipinski definition) is 0. The molecule has 2 heterocycles. The van der Waals surface area contributed by atoms with Crippen molar-refractivity contribution >= 4 is 24.1 Å². The van der Waals surface area contributed by atoms with Crippen molar-refractivity contribution in [3.63, 3.8) is 0 Å². The molecule has 2 fully saturated rings. The van der Waals surface area contributed by atoms with E-state index in [1.807, 2.05) is 0 Å². The molecule has 2 aliphatic heterocycles. The summed E-state index contributed by atoms with van der Waals surface area (Å²) in [6.07, 6.45) is -1.58. The molecule has 134 valence electrons. The van der Waals surface area contributed by atoms with Crippen molar-refractivity contribution < 1.29 is 47.6 Å². The van der Waals surface area contributed by atoms with Gasteiger partial charge in [-0.2, -0.15) is 0 Å². The fraction of sp³-hybridized carbons (Fsp3) is 0.714. The van der Waals surface area contributed by atoms with Crippen LogP contribution in [-0.4, -0.2) is 69.3 Å². The lowest BCUT2D eigenvalue weighted by Gasteiger charge is -2.08. The fourth-order valence-corrected chi connectivity index (χ4v) is 1.95. The summed E-state index contributed by atoms with van der Waals surface area (Å²) >= 11 is 0. The van der Waals surface area contributed by atoms with E-state index < -0.39 is 30.5 Å². The number of ketones is 1. The van der Waals surface area contributed by atoms with E-state index in [4.69, 9.17) is 9.47 Å². The Bertz CT molecular complexity index is 444. The molecule has 2 aliphatic rings. The molecular formula is C14H18O10. The number of ether oxygens (including phenoxy) is 6. The Balaban J connectivity index is 1.41. The third-order valence-electron chi connectivity index (χ3n) is 3.23. The van der Waals surface area contributed by atoms with E-state index in [0.717, 1.165) is 6.42 Å². The summed E-state index contributed by atoms with van der Waals surface area (Å²) in [5.41, 5.74) is 0. The highest BCUT2D eigenvalue weighted by Gasteiger charge is 2.33. The van der Waals surface area contributed by atoms with E-state index in [0.29, 0.717) is 19.4 Å². The standard InChI is InChI=1S/C14H18O10/c15-9(10-7-21-13(17)23-10)6-19-4-2-1-3-5-20-12(16)11-8-22-14(18)24-11/h10-11H,1-8H2. The van der Waals surface area contributed by atoms with Crippen LogP contribution in [0.25, 0.3) is 0 Å². The molecule has 0 aliphatic carbocycles. The van der Waals surface area contributed by atoms with Gasteiger partial charge >= 0.3 is 18.3 Å². The maximum Gasteiger partial charge on any atom is 0.509 e. The Kier molecular flexibility index (Phi) is 6.79. The minimum Gasteiger partial charge on any atom is -0.463 e. The molecule has 10 nitrogen and oxygen atoms in total. The van der Waals surface area contributed by atoms with Gasteiger partial charge in [0.2, 0.25) is 11.9 Å². The second-order valence-corrected chi connectivity index (χ2v) is 5.08. The number of Topliss-reactive ketones (excluding diaryl/α,β-unsaturated/α-hetero) is 1. The summed E-state index contributed by atoms with van der Waals surface area (Å²) in [5.74, 6) is -0.973. The van der Waals surface area contributed by atoms with Gasteiger partial charge in [-0.05, 0) is 19.3 Å². The van der Waals surface area contributed by atoms with Crippen molar-refractivity contribution in [3.8, 4) is 0 Å². The van der Waals surface area contributed by atoms with E-state index in [1.165, 1.54) is 0 Å². The van der Waals surface area contributed by atoms with Gasteiger partial charge in [0, 0.05) is 6.61 Å². The predicted molar refractivity (Wildman–Crippen MR) is 73.1 cm³/mol. The second kappa shape index (κ2) is 9.06. The summed E-state index contributed by atoms with van der Waals surface area (Å²) in [5, 5.41) is 0. The van der Waals surface area contributed by atoms with E-state index in [9.17, 15) is 19.2 Å². The average Bonchev–Trinajstić information content (AvgIpc) is 3.18. The Morgan fingerprint density at radius 3 is 2.17 bits per heavy atom.